The average Bonchev–Trinajstić information content (AvgIpc) is 3.15. The Hall–Kier alpha value is -5.21. The molecule has 50 heavy (non-hydrogen) atoms. The summed E-state index contributed by atoms with van der Waals surface area (Å²) < 4.78 is 15.7. The number of carbonyl (C=O) groups excluding carboxylic acids is 1. The third kappa shape index (κ3) is 9.48. The number of halogens is 2. The summed E-state index contributed by atoms with van der Waals surface area (Å²) >= 11 is 12.2. The topological polar surface area (TPSA) is 90.8 Å². The van der Waals surface area contributed by atoms with Crippen LogP contribution in [-0.4, -0.2) is 42.4 Å². The van der Waals surface area contributed by atoms with Crippen LogP contribution >= 0.6 is 23.2 Å². The maximum Gasteiger partial charge on any atom is 0.356 e. The second-order valence-electron chi connectivity index (χ2n) is 11.3. The van der Waals surface area contributed by atoms with Gasteiger partial charge in [-0.3, -0.25) is 4.98 Å². The molecule has 4 aromatic carbocycles. The fourth-order valence-electron chi connectivity index (χ4n) is 5.37. The summed E-state index contributed by atoms with van der Waals surface area (Å²) in [4.78, 5) is 19.9. The summed E-state index contributed by atoms with van der Waals surface area (Å²) in [5, 5.41) is 10.4. The molecule has 6 aromatic rings. The summed E-state index contributed by atoms with van der Waals surface area (Å²) in [5.74, 6) is 1.16. The number of methoxy groups -OCH3 is 3. The highest BCUT2D eigenvalue weighted by molar-refractivity contribution is 6.31. The van der Waals surface area contributed by atoms with Crippen LogP contribution in [0.5, 0.6) is 11.5 Å². The molecule has 0 saturated heterocycles. The van der Waals surface area contributed by atoms with Gasteiger partial charge in [-0.15, -0.1) is 0 Å². The summed E-state index contributed by atoms with van der Waals surface area (Å²) in [6, 6.07) is 35.0. The van der Waals surface area contributed by atoms with Crippen LogP contribution in [0.25, 0.3) is 22.3 Å². The van der Waals surface area contributed by atoms with E-state index in [1.165, 1.54) is 7.11 Å². The Balaban J connectivity index is 0.000000195. The van der Waals surface area contributed by atoms with Crippen LogP contribution in [0.2, 0.25) is 10.0 Å². The lowest BCUT2D eigenvalue weighted by Crippen LogP contribution is -2.04. The SMILES string of the molecule is COC(=O)c1ccc(Cc2ccc(OC)c(-c3cccc(Cl)c3)c2)cn1.COc1ccc(Cc2ccc(CO)nc2)cc1-c1cccc(Cl)c1. The second kappa shape index (κ2) is 17.4. The number of rotatable bonds is 10. The van der Waals surface area contributed by atoms with Gasteiger partial charge < -0.3 is 19.3 Å². The second-order valence-corrected chi connectivity index (χ2v) is 12.2. The molecular formula is C41H36Cl2N2O5. The standard InChI is InChI=1S/C21H18ClNO3.C20H18ClNO2/c1-25-20-9-7-14(11-18(20)16-4-3-5-17(22)12-16)10-15-6-8-19(23-13-15)21(24)26-2;1-24-20-8-6-14(9-15-5-7-18(13-23)22-12-15)10-19(20)16-3-2-4-17(21)11-16/h3-9,11-13H,10H2,1-2H3;2-8,10-12,23H,9,13H2,1H3. The van der Waals surface area contributed by atoms with Crippen LogP contribution in [0.15, 0.2) is 122 Å². The summed E-state index contributed by atoms with van der Waals surface area (Å²) in [5.41, 5.74) is 9.33. The van der Waals surface area contributed by atoms with E-state index in [4.69, 9.17) is 37.8 Å². The molecule has 0 aliphatic rings. The number of aromatic nitrogens is 2. The van der Waals surface area contributed by atoms with E-state index in [1.807, 2.05) is 91.0 Å². The lowest BCUT2D eigenvalue weighted by atomic mass is 9.98. The molecule has 0 radical (unpaired) electrons. The maximum atomic E-state index is 11.5. The summed E-state index contributed by atoms with van der Waals surface area (Å²) in [7, 11) is 4.66. The zero-order chi connectivity index (χ0) is 35.5. The van der Waals surface area contributed by atoms with Gasteiger partial charge in [0.05, 0.1) is 33.6 Å². The zero-order valence-corrected chi connectivity index (χ0v) is 29.4. The van der Waals surface area contributed by atoms with Crippen molar-refractivity contribution in [3.63, 3.8) is 0 Å². The number of ether oxygens (including phenoxy) is 3. The van der Waals surface area contributed by atoms with Crippen molar-refractivity contribution >= 4 is 29.2 Å². The monoisotopic (exact) mass is 706 g/mol. The van der Waals surface area contributed by atoms with Gasteiger partial charge in [0.15, 0.2) is 0 Å². The first-order valence-electron chi connectivity index (χ1n) is 15.7. The normalized spacial score (nSPS) is 10.5. The molecule has 9 heteroatoms. The van der Waals surface area contributed by atoms with Crippen LogP contribution in [0, 0.1) is 0 Å². The van der Waals surface area contributed by atoms with Crippen molar-refractivity contribution in [3.05, 3.63) is 165 Å². The first kappa shape index (κ1) is 36.1. The first-order chi connectivity index (χ1) is 24.3. The molecule has 7 nitrogen and oxygen atoms in total. The lowest BCUT2D eigenvalue weighted by molar-refractivity contribution is 0.0594. The van der Waals surface area contributed by atoms with Gasteiger partial charge in [-0.2, -0.15) is 0 Å². The van der Waals surface area contributed by atoms with E-state index in [9.17, 15) is 4.79 Å². The summed E-state index contributed by atoms with van der Waals surface area (Å²) in [6.45, 7) is -0.0399. The molecule has 0 unspecified atom stereocenters. The van der Waals surface area contributed by atoms with Crippen LogP contribution in [0.4, 0.5) is 0 Å². The molecule has 0 aliphatic heterocycles. The number of pyridine rings is 2. The molecule has 0 atom stereocenters. The van der Waals surface area contributed by atoms with Gasteiger partial charge in [-0.1, -0.05) is 71.7 Å². The average molecular weight is 708 g/mol. The Morgan fingerprint density at radius 3 is 1.52 bits per heavy atom. The van der Waals surface area contributed by atoms with Gasteiger partial charge in [0.1, 0.15) is 17.2 Å². The fourth-order valence-corrected chi connectivity index (χ4v) is 5.75. The molecule has 1 N–H and O–H groups in total. The van der Waals surface area contributed by atoms with E-state index in [0.29, 0.717) is 27.9 Å². The highest BCUT2D eigenvalue weighted by Gasteiger charge is 2.11. The molecule has 2 aromatic heterocycles. The zero-order valence-electron chi connectivity index (χ0n) is 27.9. The summed E-state index contributed by atoms with van der Waals surface area (Å²) in [6.07, 6.45) is 4.94. The lowest BCUT2D eigenvalue weighted by Gasteiger charge is -2.12. The smallest absolute Gasteiger partial charge is 0.356 e. The van der Waals surface area contributed by atoms with Gasteiger partial charge in [0.25, 0.3) is 0 Å². The van der Waals surface area contributed by atoms with Crippen molar-refractivity contribution in [1.29, 1.82) is 0 Å². The van der Waals surface area contributed by atoms with Gasteiger partial charge in [0.2, 0.25) is 0 Å². The van der Waals surface area contributed by atoms with Gasteiger partial charge >= 0.3 is 5.97 Å². The number of hydrogen-bond acceptors (Lipinski definition) is 7. The number of aliphatic hydroxyl groups excluding tert-OH is 1. The Labute approximate surface area is 302 Å². The molecule has 0 amide bonds. The van der Waals surface area contributed by atoms with Crippen LogP contribution in [0.1, 0.15) is 38.4 Å². The van der Waals surface area contributed by atoms with E-state index in [2.05, 4.69) is 26.8 Å². The van der Waals surface area contributed by atoms with Crippen LogP contribution in [-0.2, 0) is 24.2 Å². The Bertz CT molecular complexity index is 2050. The van der Waals surface area contributed by atoms with E-state index in [-0.39, 0.29) is 6.61 Å². The number of aliphatic hydroxyl groups is 1. The quantitative estimate of drug-likeness (QED) is 0.142. The number of esters is 1. The van der Waals surface area contributed by atoms with E-state index in [1.54, 1.807) is 32.7 Å². The van der Waals surface area contributed by atoms with Crippen molar-refractivity contribution in [2.75, 3.05) is 21.3 Å². The van der Waals surface area contributed by atoms with Crippen molar-refractivity contribution in [3.8, 4) is 33.8 Å². The molecule has 0 fully saturated rings. The first-order valence-corrected chi connectivity index (χ1v) is 16.5. The third-order valence-electron chi connectivity index (χ3n) is 7.88. The molecule has 254 valence electrons. The fraction of sp³-hybridized carbons (Fsp3) is 0.146. The van der Waals surface area contributed by atoms with Gasteiger partial charge in [-0.25, -0.2) is 9.78 Å². The minimum Gasteiger partial charge on any atom is -0.496 e. The highest BCUT2D eigenvalue weighted by Crippen LogP contribution is 2.34. The molecule has 2 heterocycles. The minimum absolute atomic E-state index is 0.0399. The van der Waals surface area contributed by atoms with Gasteiger partial charge in [0, 0.05) is 33.6 Å². The molecule has 0 bridgehead atoms. The van der Waals surface area contributed by atoms with Crippen LogP contribution in [0.3, 0.4) is 0 Å². The molecule has 0 aliphatic carbocycles. The Kier molecular flexibility index (Phi) is 12.6. The van der Waals surface area contributed by atoms with Gasteiger partial charge in [-0.05, 0) is 107 Å². The molecule has 0 spiro atoms. The third-order valence-corrected chi connectivity index (χ3v) is 8.35. The number of hydrogen-bond donors (Lipinski definition) is 1. The van der Waals surface area contributed by atoms with Crippen molar-refractivity contribution in [2.24, 2.45) is 0 Å². The predicted octanol–water partition coefficient (Wildman–Crippen LogP) is 9.28. The molecule has 0 saturated carbocycles. The van der Waals surface area contributed by atoms with Crippen molar-refractivity contribution in [2.45, 2.75) is 19.4 Å². The highest BCUT2D eigenvalue weighted by atomic mass is 35.5. The van der Waals surface area contributed by atoms with Crippen molar-refractivity contribution < 1.29 is 24.1 Å². The number of nitrogens with zero attached hydrogens (tertiary/aromatic N) is 2. The minimum atomic E-state index is -0.441. The van der Waals surface area contributed by atoms with E-state index < -0.39 is 5.97 Å². The Morgan fingerprint density at radius 1 is 0.620 bits per heavy atom. The van der Waals surface area contributed by atoms with Crippen LogP contribution < -0.4 is 9.47 Å². The molecular weight excluding hydrogens is 671 g/mol. The number of carbonyl (C=O) groups is 1. The van der Waals surface area contributed by atoms with Crippen molar-refractivity contribution in [1.82, 2.24) is 9.97 Å². The molecule has 6 rings (SSSR count). The van der Waals surface area contributed by atoms with E-state index in [0.717, 1.165) is 62.4 Å². The maximum absolute atomic E-state index is 11.5. The Morgan fingerprint density at radius 2 is 1.12 bits per heavy atom. The largest absolute Gasteiger partial charge is 0.496 e. The van der Waals surface area contributed by atoms with E-state index >= 15 is 0 Å². The predicted molar refractivity (Wildman–Crippen MR) is 198 cm³/mol. The number of benzene rings is 4.